The van der Waals surface area contributed by atoms with Gasteiger partial charge >= 0.3 is 0 Å². The molecule has 5 heteroatoms. The number of aryl methyl sites for hydroxylation is 1. The maximum atomic E-state index is 12.0. The third kappa shape index (κ3) is 3.43. The Hall–Kier alpha value is -1.62. The van der Waals surface area contributed by atoms with Crippen molar-refractivity contribution in [2.75, 3.05) is 11.9 Å². The second kappa shape index (κ2) is 5.82. The number of pyridine rings is 1. The number of hydrogen-bond donors (Lipinski definition) is 2. The summed E-state index contributed by atoms with van der Waals surface area (Å²) in [4.78, 5) is 23.5. The molecule has 18 heavy (non-hydrogen) atoms. The van der Waals surface area contributed by atoms with Crippen LogP contribution >= 0.6 is 0 Å². The van der Waals surface area contributed by atoms with Crippen LogP contribution in [0.4, 0.5) is 5.69 Å². The van der Waals surface area contributed by atoms with Crippen LogP contribution in [-0.4, -0.2) is 22.6 Å². The van der Waals surface area contributed by atoms with Crippen molar-refractivity contribution in [3.8, 4) is 0 Å². The van der Waals surface area contributed by atoms with Gasteiger partial charge < -0.3 is 15.2 Å². The second-order valence-corrected chi connectivity index (χ2v) is 4.65. The normalized spacial score (nSPS) is 11.3. The first-order valence-corrected chi connectivity index (χ1v) is 6.17. The third-order valence-electron chi connectivity index (χ3n) is 2.77. The third-order valence-corrected chi connectivity index (χ3v) is 2.77. The van der Waals surface area contributed by atoms with Gasteiger partial charge in [-0.2, -0.15) is 0 Å². The minimum absolute atomic E-state index is 0.0681. The molecule has 0 saturated heterocycles. The highest BCUT2D eigenvalue weighted by molar-refractivity contribution is 5.97. The largest absolute Gasteiger partial charge is 0.323 e. The van der Waals surface area contributed by atoms with E-state index in [0.29, 0.717) is 12.2 Å². The van der Waals surface area contributed by atoms with E-state index in [2.05, 4.69) is 10.6 Å². The van der Waals surface area contributed by atoms with Gasteiger partial charge in [-0.3, -0.25) is 9.59 Å². The number of aromatic nitrogens is 1. The fourth-order valence-electron chi connectivity index (χ4n) is 1.66. The Morgan fingerprint density at radius 1 is 1.33 bits per heavy atom. The van der Waals surface area contributed by atoms with E-state index in [1.165, 1.54) is 6.07 Å². The van der Waals surface area contributed by atoms with E-state index in [4.69, 9.17) is 0 Å². The minimum Gasteiger partial charge on any atom is -0.323 e. The quantitative estimate of drug-likeness (QED) is 0.826. The fourth-order valence-corrected chi connectivity index (χ4v) is 1.66. The lowest BCUT2D eigenvalue weighted by Crippen LogP contribution is -2.49. The Morgan fingerprint density at radius 3 is 2.56 bits per heavy atom. The lowest BCUT2D eigenvalue weighted by atomic mass is 10.0. The van der Waals surface area contributed by atoms with Gasteiger partial charge in [0.05, 0.1) is 11.2 Å². The number of amides is 1. The molecule has 1 aromatic rings. The summed E-state index contributed by atoms with van der Waals surface area (Å²) in [6, 6.07) is 3.08. The lowest BCUT2D eigenvalue weighted by molar-refractivity contribution is -0.121. The molecule has 0 fully saturated rings. The zero-order chi connectivity index (χ0) is 13.8. The molecule has 1 aromatic heterocycles. The summed E-state index contributed by atoms with van der Waals surface area (Å²) < 4.78 is 1.55. The van der Waals surface area contributed by atoms with E-state index < -0.39 is 5.54 Å². The molecule has 0 spiro atoms. The van der Waals surface area contributed by atoms with Gasteiger partial charge in [0, 0.05) is 18.8 Å². The Morgan fingerprint density at radius 2 is 2.00 bits per heavy atom. The van der Waals surface area contributed by atoms with Crippen LogP contribution in [-0.2, 0) is 11.3 Å². The summed E-state index contributed by atoms with van der Waals surface area (Å²) in [6.07, 6.45) is 1.66. The number of carbonyl (C=O) groups excluding carboxylic acids is 1. The molecule has 0 aliphatic rings. The fraction of sp³-hybridized carbons (Fsp3) is 0.538. The Kier molecular flexibility index (Phi) is 4.67. The van der Waals surface area contributed by atoms with Crippen LogP contribution in [0.15, 0.2) is 23.1 Å². The van der Waals surface area contributed by atoms with Gasteiger partial charge in [0.25, 0.3) is 5.56 Å². The second-order valence-electron chi connectivity index (χ2n) is 4.65. The number of anilines is 1. The van der Waals surface area contributed by atoms with Gasteiger partial charge in [-0.05, 0) is 33.4 Å². The van der Waals surface area contributed by atoms with E-state index >= 15 is 0 Å². The molecule has 1 rings (SSSR count). The van der Waals surface area contributed by atoms with E-state index in [-0.39, 0.29) is 11.5 Å². The molecule has 1 heterocycles. The summed E-state index contributed by atoms with van der Waals surface area (Å²) >= 11 is 0. The average Bonchev–Trinajstić information content (AvgIpc) is 2.31. The van der Waals surface area contributed by atoms with Gasteiger partial charge in [-0.1, -0.05) is 6.92 Å². The van der Waals surface area contributed by atoms with Crippen molar-refractivity contribution in [3.05, 3.63) is 28.7 Å². The first kappa shape index (κ1) is 14.4. The predicted molar refractivity (Wildman–Crippen MR) is 72.8 cm³/mol. The van der Waals surface area contributed by atoms with Crippen LogP contribution in [0, 0.1) is 0 Å². The maximum absolute atomic E-state index is 12.0. The number of carbonyl (C=O) groups is 1. The van der Waals surface area contributed by atoms with Crippen LogP contribution in [0.3, 0.4) is 0 Å². The standard InChI is InChI=1S/C13H21N3O2/c1-5-14-13(3,4)12(18)15-10-7-8-11(17)16(6-2)9-10/h7-9,14H,5-6H2,1-4H3,(H,15,18). The number of rotatable bonds is 5. The highest BCUT2D eigenvalue weighted by Gasteiger charge is 2.26. The Bertz CT molecular complexity index is 477. The average molecular weight is 251 g/mol. The minimum atomic E-state index is -0.637. The van der Waals surface area contributed by atoms with Crippen LogP contribution in [0.1, 0.15) is 27.7 Å². The molecule has 2 N–H and O–H groups in total. The molecule has 0 bridgehead atoms. The van der Waals surface area contributed by atoms with Crippen molar-refractivity contribution in [1.82, 2.24) is 9.88 Å². The summed E-state index contributed by atoms with van der Waals surface area (Å²) in [6.45, 7) is 8.78. The molecule has 0 unspecified atom stereocenters. The first-order chi connectivity index (χ1) is 8.40. The van der Waals surface area contributed by atoms with Crippen LogP contribution in [0.2, 0.25) is 0 Å². The van der Waals surface area contributed by atoms with Gasteiger partial charge in [-0.25, -0.2) is 0 Å². The van der Waals surface area contributed by atoms with E-state index in [0.717, 1.165) is 6.54 Å². The number of nitrogens with zero attached hydrogens (tertiary/aromatic N) is 1. The monoisotopic (exact) mass is 251 g/mol. The van der Waals surface area contributed by atoms with E-state index in [1.54, 1.807) is 16.8 Å². The molecular formula is C13H21N3O2. The van der Waals surface area contributed by atoms with Crippen LogP contribution in [0.5, 0.6) is 0 Å². The van der Waals surface area contributed by atoms with Gasteiger partial charge in [-0.15, -0.1) is 0 Å². The van der Waals surface area contributed by atoms with E-state index in [1.807, 2.05) is 27.7 Å². The van der Waals surface area contributed by atoms with Crippen molar-refractivity contribution in [3.63, 3.8) is 0 Å². The highest BCUT2D eigenvalue weighted by Crippen LogP contribution is 2.09. The zero-order valence-corrected chi connectivity index (χ0v) is 11.4. The van der Waals surface area contributed by atoms with Crippen molar-refractivity contribution in [2.45, 2.75) is 39.8 Å². The molecular weight excluding hydrogens is 230 g/mol. The summed E-state index contributed by atoms with van der Waals surface area (Å²) in [5, 5.41) is 5.91. The lowest BCUT2D eigenvalue weighted by Gasteiger charge is -2.24. The number of nitrogens with one attached hydrogen (secondary N) is 2. The molecule has 0 radical (unpaired) electrons. The first-order valence-electron chi connectivity index (χ1n) is 6.17. The van der Waals surface area contributed by atoms with Crippen molar-refractivity contribution in [2.24, 2.45) is 0 Å². The van der Waals surface area contributed by atoms with Crippen molar-refractivity contribution >= 4 is 11.6 Å². The molecule has 0 aromatic carbocycles. The molecule has 0 aliphatic heterocycles. The molecule has 0 aliphatic carbocycles. The smallest absolute Gasteiger partial charge is 0.250 e. The highest BCUT2D eigenvalue weighted by atomic mass is 16.2. The Balaban J connectivity index is 2.85. The maximum Gasteiger partial charge on any atom is 0.250 e. The number of hydrogen-bond acceptors (Lipinski definition) is 3. The van der Waals surface area contributed by atoms with Crippen LogP contribution < -0.4 is 16.2 Å². The zero-order valence-electron chi connectivity index (χ0n) is 11.4. The van der Waals surface area contributed by atoms with Gasteiger partial charge in [0.2, 0.25) is 5.91 Å². The Labute approximate surface area is 107 Å². The predicted octanol–water partition coefficient (Wildman–Crippen LogP) is 1.19. The van der Waals surface area contributed by atoms with Gasteiger partial charge in [0.1, 0.15) is 0 Å². The molecule has 100 valence electrons. The van der Waals surface area contributed by atoms with Crippen molar-refractivity contribution in [1.29, 1.82) is 0 Å². The molecule has 1 amide bonds. The topological polar surface area (TPSA) is 63.1 Å². The molecule has 0 saturated carbocycles. The van der Waals surface area contributed by atoms with E-state index in [9.17, 15) is 9.59 Å². The van der Waals surface area contributed by atoms with Gasteiger partial charge in [0.15, 0.2) is 0 Å². The van der Waals surface area contributed by atoms with Crippen LogP contribution in [0.25, 0.3) is 0 Å². The SMILES string of the molecule is CCNC(C)(C)C(=O)Nc1ccc(=O)n(CC)c1. The van der Waals surface area contributed by atoms with Crippen molar-refractivity contribution < 1.29 is 4.79 Å². The summed E-state index contributed by atoms with van der Waals surface area (Å²) in [5.74, 6) is -0.120. The molecule has 5 nitrogen and oxygen atoms in total. The summed E-state index contributed by atoms with van der Waals surface area (Å²) in [7, 11) is 0. The molecule has 0 atom stereocenters. The summed E-state index contributed by atoms with van der Waals surface area (Å²) in [5.41, 5.74) is -0.0732. The number of likely N-dealkylation sites (N-methyl/N-ethyl adjacent to an activating group) is 1.